The van der Waals surface area contributed by atoms with Gasteiger partial charge in [-0.15, -0.1) is 0 Å². The highest BCUT2D eigenvalue weighted by Gasteiger charge is 2.41. The molecule has 2 N–H and O–H groups in total. The predicted molar refractivity (Wildman–Crippen MR) is 121 cm³/mol. The first-order valence-electron chi connectivity index (χ1n) is 10.9. The molecule has 1 spiro atoms. The van der Waals surface area contributed by atoms with Gasteiger partial charge in [0.1, 0.15) is 11.4 Å². The predicted octanol–water partition coefficient (Wildman–Crippen LogP) is 4.50. The summed E-state index contributed by atoms with van der Waals surface area (Å²) < 4.78 is 11.1. The Hall–Kier alpha value is -2.28. The van der Waals surface area contributed by atoms with Crippen molar-refractivity contribution in [2.24, 2.45) is 4.99 Å². The van der Waals surface area contributed by atoms with Gasteiger partial charge in [0.15, 0.2) is 11.5 Å². The lowest BCUT2D eigenvalue weighted by atomic mass is 9.87. The first-order chi connectivity index (χ1) is 14.9. The zero-order valence-corrected chi connectivity index (χ0v) is 18.7. The minimum Gasteiger partial charge on any atom is -0.508 e. The number of halogens is 1. The van der Waals surface area contributed by atoms with Gasteiger partial charge in [-0.3, -0.25) is 10.3 Å². The Morgan fingerprint density at radius 2 is 1.90 bits per heavy atom. The van der Waals surface area contributed by atoms with E-state index < -0.39 is 0 Å². The van der Waals surface area contributed by atoms with Crippen molar-refractivity contribution in [3.8, 4) is 17.2 Å². The van der Waals surface area contributed by atoms with E-state index in [4.69, 9.17) is 26.1 Å². The Bertz CT molecular complexity index is 1020. The third-order valence-electron chi connectivity index (χ3n) is 6.62. The molecule has 1 fully saturated rings. The minimum atomic E-state index is -0.366. The molecule has 3 aliphatic heterocycles. The van der Waals surface area contributed by atoms with Gasteiger partial charge in [0, 0.05) is 47.9 Å². The van der Waals surface area contributed by atoms with Crippen LogP contribution in [-0.2, 0) is 0 Å². The van der Waals surface area contributed by atoms with E-state index in [1.165, 1.54) is 0 Å². The molecule has 2 aromatic carbocycles. The summed E-state index contributed by atoms with van der Waals surface area (Å²) in [6.07, 6.45) is 2.48. The molecule has 6 nitrogen and oxygen atoms in total. The highest BCUT2D eigenvalue weighted by atomic mass is 35.5. The SMILES string of the molecule is CC(C)N1CCC2(CC1)N=C(c1ccc3c(c1)OCO3)C[C@@H](c1cc(Cl)ccc1O)N2. The second-order valence-corrected chi connectivity index (χ2v) is 9.33. The van der Waals surface area contributed by atoms with Crippen LogP contribution in [0.1, 0.15) is 50.3 Å². The number of aromatic hydroxyl groups is 1. The van der Waals surface area contributed by atoms with Crippen molar-refractivity contribution < 1.29 is 14.6 Å². The number of rotatable bonds is 3. The summed E-state index contributed by atoms with van der Waals surface area (Å²) in [7, 11) is 0. The largest absolute Gasteiger partial charge is 0.508 e. The number of phenols is 1. The van der Waals surface area contributed by atoms with Gasteiger partial charge in [-0.1, -0.05) is 11.6 Å². The fourth-order valence-corrected chi connectivity index (χ4v) is 5.00. The number of ether oxygens (including phenoxy) is 2. The number of hydrogen-bond donors (Lipinski definition) is 2. The normalized spacial score (nSPS) is 22.7. The maximum Gasteiger partial charge on any atom is 0.231 e. The topological polar surface area (TPSA) is 66.3 Å². The van der Waals surface area contributed by atoms with Crippen LogP contribution in [0.2, 0.25) is 5.02 Å². The van der Waals surface area contributed by atoms with Gasteiger partial charge < -0.3 is 19.5 Å². The maximum atomic E-state index is 10.6. The van der Waals surface area contributed by atoms with E-state index in [9.17, 15) is 5.11 Å². The molecular weight excluding hydrogens is 414 g/mol. The molecule has 0 unspecified atom stereocenters. The average molecular weight is 442 g/mol. The summed E-state index contributed by atoms with van der Waals surface area (Å²) in [5, 5.41) is 15.0. The molecule has 7 heteroatoms. The standard InChI is InChI=1S/C24H28ClN3O3/c1-15(2)28-9-7-24(8-10-28)26-19(16-3-6-22-23(11-16)31-14-30-22)13-20(27-24)18-12-17(25)4-5-21(18)29/h3-6,11-12,15,20,27,29H,7-10,13-14H2,1-2H3/t20-/m0/s1. The molecule has 0 saturated carbocycles. The molecule has 31 heavy (non-hydrogen) atoms. The van der Waals surface area contributed by atoms with Crippen LogP contribution in [0.25, 0.3) is 0 Å². The molecule has 164 valence electrons. The van der Waals surface area contributed by atoms with Crippen molar-refractivity contribution in [1.29, 1.82) is 0 Å². The first kappa shape index (κ1) is 20.6. The van der Waals surface area contributed by atoms with Crippen LogP contribution in [0.3, 0.4) is 0 Å². The zero-order valence-electron chi connectivity index (χ0n) is 17.9. The average Bonchev–Trinajstić information content (AvgIpc) is 3.23. The molecule has 0 bridgehead atoms. The molecule has 2 aromatic rings. The van der Waals surface area contributed by atoms with Crippen LogP contribution in [0.4, 0.5) is 0 Å². The summed E-state index contributed by atoms with van der Waals surface area (Å²) in [4.78, 5) is 7.75. The number of nitrogens with zero attached hydrogens (tertiary/aromatic N) is 2. The number of nitrogens with one attached hydrogen (secondary N) is 1. The second kappa shape index (κ2) is 8.01. The maximum absolute atomic E-state index is 10.6. The van der Waals surface area contributed by atoms with Gasteiger partial charge in [0.25, 0.3) is 0 Å². The quantitative estimate of drug-likeness (QED) is 0.734. The van der Waals surface area contributed by atoms with Crippen molar-refractivity contribution >= 4 is 17.3 Å². The van der Waals surface area contributed by atoms with Crippen molar-refractivity contribution in [2.45, 2.75) is 50.9 Å². The van der Waals surface area contributed by atoms with Crippen LogP contribution in [0.5, 0.6) is 17.2 Å². The van der Waals surface area contributed by atoms with Crippen LogP contribution in [-0.4, -0.2) is 47.3 Å². The van der Waals surface area contributed by atoms with Crippen LogP contribution >= 0.6 is 11.6 Å². The number of fused-ring (bicyclic) bond motifs is 1. The first-order valence-corrected chi connectivity index (χ1v) is 11.3. The van der Waals surface area contributed by atoms with Gasteiger partial charge >= 0.3 is 0 Å². The molecule has 3 aliphatic rings. The minimum absolute atomic E-state index is 0.0813. The molecule has 0 radical (unpaired) electrons. The Kier molecular flexibility index (Phi) is 5.32. The van der Waals surface area contributed by atoms with Crippen LogP contribution in [0, 0.1) is 0 Å². The van der Waals surface area contributed by atoms with E-state index in [2.05, 4.69) is 24.1 Å². The number of aliphatic imine (C=N–C) groups is 1. The van der Waals surface area contributed by atoms with Crippen molar-refractivity contribution in [3.05, 3.63) is 52.5 Å². The third-order valence-corrected chi connectivity index (χ3v) is 6.85. The molecule has 1 atom stereocenters. The number of hydrogen-bond acceptors (Lipinski definition) is 6. The summed E-state index contributed by atoms with van der Waals surface area (Å²) in [6.45, 7) is 6.69. The van der Waals surface area contributed by atoms with Gasteiger partial charge in [-0.25, -0.2) is 0 Å². The summed E-state index contributed by atoms with van der Waals surface area (Å²) >= 11 is 6.28. The van der Waals surface area contributed by atoms with E-state index in [0.717, 1.165) is 54.3 Å². The summed E-state index contributed by atoms with van der Waals surface area (Å²) in [5.41, 5.74) is 2.49. The summed E-state index contributed by atoms with van der Waals surface area (Å²) in [5.74, 6) is 1.77. The molecule has 0 aromatic heterocycles. The van der Waals surface area contributed by atoms with Gasteiger partial charge in [0.05, 0.1) is 0 Å². The molecule has 3 heterocycles. The molecular formula is C24H28ClN3O3. The Morgan fingerprint density at radius 1 is 1.13 bits per heavy atom. The van der Waals surface area contributed by atoms with E-state index in [-0.39, 0.29) is 24.2 Å². The number of phenolic OH excluding ortho intramolecular Hbond substituents is 1. The van der Waals surface area contributed by atoms with E-state index in [1.807, 2.05) is 24.3 Å². The monoisotopic (exact) mass is 441 g/mol. The van der Waals surface area contributed by atoms with Gasteiger partial charge in [-0.2, -0.15) is 0 Å². The smallest absolute Gasteiger partial charge is 0.231 e. The number of piperidine rings is 1. The highest BCUT2D eigenvalue weighted by molar-refractivity contribution is 6.30. The second-order valence-electron chi connectivity index (χ2n) is 8.89. The third kappa shape index (κ3) is 4.00. The van der Waals surface area contributed by atoms with Crippen LogP contribution < -0.4 is 14.8 Å². The van der Waals surface area contributed by atoms with Crippen molar-refractivity contribution in [3.63, 3.8) is 0 Å². The molecule has 0 aliphatic carbocycles. The molecule has 0 amide bonds. The lowest BCUT2D eigenvalue weighted by Gasteiger charge is -2.46. The van der Waals surface area contributed by atoms with E-state index >= 15 is 0 Å². The lowest BCUT2D eigenvalue weighted by molar-refractivity contribution is 0.103. The summed E-state index contributed by atoms with van der Waals surface area (Å²) in [6, 6.07) is 11.7. The number of likely N-dealkylation sites (tertiary alicyclic amines) is 1. The highest BCUT2D eigenvalue weighted by Crippen LogP contribution is 2.40. The molecule has 1 saturated heterocycles. The Balaban J connectivity index is 1.52. The fourth-order valence-electron chi connectivity index (χ4n) is 4.82. The van der Waals surface area contributed by atoms with E-state index in [0.29, 0.717) is 17.5 Å². The fraction of sp³-hybridized carbons (Fsp3) is 0.458. The Labute approximate surface area is 187 Å². The molecule has 5 rings (SSSR count). The zero-order chi connectivity index (χ0) is 21.6. The van der Waals surface area contributed by atoms with Gasteiger partial charge in [-0.05, 0) is 68.7 Å². The number of benzene rings is 2. The van der Waals surface area contributed by atoms with Crippen LogP contribution in [0.15, 0.2) is 41.4 Å². The van der Waals surface area contributed by atoms with Crippen molar-refractivity contribution in [1.82, 2.24) is 10.2 Å². The van der Waals surface area contributed by atoms with Gasteiger partial charge in [0.2, 0.25) is 6.79 Å². The Morgan fingerprint density at radius 3 is 2.68 bits per heavy atom. The van der Waals surface area contributed by atoms with Crippen molar-refractivity contribution in [2.75, 3.05) is 19.9 Å². The lowest BCUT2D eigenvalue weighted by Crippen LogP contribution is -2.56. The van der Waals surface area contributed by atoms with E-state index in [1.54, 1.807) is 12.1 Å².